The van der Waals surface area contributed by atoms with Gasteiger partial charge in [0.2, 0.25) is 11.8 Å². The normalized spacial score (nSPS) is 10.1. The van der Waals surface area contributed by atoms with Gasteiger partial charge < -0.3 is 20.3 Å². The monoisotopic (exact) mass is 289 g/mol. The fourth-order valence-corrected chi connectivity index (χ4v) is 1.69. The maximum atomic E-state index is 11.8. The molecule has 0 unspecified atom stereocenters. The summed E-state index contributed by atoms with van der Waals surface area (Å²) in [6.45, 7) is 0. The van der Waals surface area contributed by atoms with Crippen LogP contribution in [0.5, 0.6) is 5.88 Å². The molecule has 0 saturated carbocycles. The largest absolute Gasteiger partial charge is 0.479 e. The first-order valence-corrected chi connectivity index (χ1v) is 6.28. The maximum Gasteiger partial charge on any atom is 0.254 e. The number of anilines is 1. The molecule has 2 amide bonds. The number of hydrogen-bond acceptors (Lipinski definition) is 5. The minimum absolute atomic E-state index is 0.169. The van der Waals surface area contributed by atoms with Gasteiger partial charge in [-0.15, -0.1) is 0 Å². The Bertz CT molecular complexity index is 634. The Hall–Kier alpha value is -2.83. The smallest absolute Gasteiger partial charge is 0.254 e. The lowest BCUT2D eigenvalue weighted by Crippen LogP contribution is -2.13. The molecule has 2 rings (SSSR count). The second-order valence-electron chi connectivity index (χ2n) is 4.33. The SMILES string of the molecule is COc1cc(CCC(=O)Nc2ccc(C(N)=O)cc2)on1. The van der Waals surface area contributed by atoms with E-state index in [2.05, 4.69) is 10.5 Å². The molecule has 0 atom stereocenters. The summed E-state index contributed by atoms with van der Waals surface area (Å²) < 4.78 is 9.88. The van der Waals surface area contributed by atoms with Crippen LogP contribution in [-0.2, 0) is 11.2 Å². The number of methoxy groups -OCH3 is 1. The summed E-state index contributed by atoms with van der Waals surface area (Å²) in [5.74, 6) is 0.280. The summed E-state index contributed by atoms with van der Waals surface area (Å²) in [6.07, 6.45) is 0.664. The van der Waals surface area contributed by atoms with Gasteiger partial charge in [0.1, 0.15) is 5.76 Å². The fourth-order valence-electron chi connectivity index (χ4n) is 1.69. The van der Waals surface area contributed by atoms with Crippen molar-refractivity contribution >= 4 is 17.5 Å². The van der Waals surface area contributed by atoms with Crippen molar-refractivity contribution in [1.82, 2.24) is 5.16 Å². The average molecular weight is 289 g/mol. The highest BCUT2D eigenvalue weighted by molar-refractivity contribution is 5.94. The molecular formula is C14H15N3O4. The first kappa shape index (κ1) is 14.6. The molecule has 7 heteroatoms. The van der Waals surface area contributed by atoms with Crippen molar-refractivity contribution in [2.24, 2.45) is 5.73 Å². The lowest BCUT2D eigenvalue weighted by Gasteiger charge is -2.04. The molecule has 0 radical (unpaired) electrons. The number of amides is 2. The van der Waals surface area contributed by atoms with Crippen LogP contribution in [0.2, 0.25) is 0 Å². The van der Waals surface area contributed by atoms with Gasteiger partial charge in [0.25, 0.3) is 5.88 Å². The minimum Gasteiger partial charge on any atom is -0.479 e. The van der Waals surface area contributed by atoms with Crippen LogP contribution >= 0.6 is 0 Å². The van der Waals surface area contributed by atoms with Crippen molar-refractivity contribution in [2.45, 2.75) is 12.8 Å². The molecule has 0 bridgehead atoms. The molecule has 1 heterocycles. The van der Waals surface area contributed by atoms with E-state index < -0.39 is 5.91 Å². The van der Waals surface area contributed by atoms with E-state index in [1.807, 2.05) is 0 Å². The maximum absolute atomic E-state index is 11.8. The van der Waals surface area contributed by atoms with Gasteiger partial charge in [-0.3, -0.25) is 9.59 Å². The van der Waals surface area contributed by atoms with Gasteiger partial charge in [-0.2, -0.15) is 0 Å². The Morgan fingerprint density at radius 3 is 2.62 bits per heavy atom. The number of carbonyl (C=O) groups is 2. The predicted molar refractivity (Wildman–Crippen MR) is 75.0 cm³/mol. The van der Waals surface area contributed by atoms with Gasteiger partial charge in [-0.05, 0) is 29.4 Å². The number of hydrogen-bond donors (Lipinski definition) is 2. The number of primary amides is 1. The van der Waals surface area contributed by atoms with Crippen LogP contribution in [0.15, 0.2) is 34.9 Å². The van der Waals surface area contributed by atoms with Gasteiger partial charge >= 0.3 is 0 Å². The van der Waals surface area contributed by atoms with Crippen LogP contribution < -0.4 is 15.8 Å². The number of aromatic nitrogens is 1. The van der Waals surface area contributed by atoms with Crippen LogP contribution in [0.1, 0.15) is 22.5 Å². The van der Waals surface area contributed by atoms with E-state index in [1.165, 1.54) is 7.11 Å². The van der Waals surface area contributed by atoms with Gasteiger partial charge in [-0.1, -0.05) is 0 Å². The van der Waals surface area contributed by atoms with Crippen molar-refractivity contribution in [3.8, 4) is 5.88 Å². The van der Waals surface area contributed by atoms with E-state index in [1.54, 1.807) is 30.3 Å². The van der Waals surface area contributed by atoms with Crippen LogP contribution in [0, 0.1) is 0 Å². The second-order valence-corrected chi connectivity index (χ2v) is 4.33. The first-order valence-electron chi connectivity index (χ1n) is 6.28. The van der Waals surface area contributed by atoms with E-state index in [0.29, 0.717) is 29.3 Å². The number of benzene rings is 1. The van der Waals surface area contributed by atoms with E-state index in [-0.39, 0.29) is 12.3 Å². The van der Waals surface area contributed by atoms with Crippen molar-refractivity contribution in [1.29, 1.82) is 0 Å². The summed E-state index contributed by atoms with van der Waals surface area (Å²) in [4.78, 5) is 22.7. The van der Waals surface area contributed by atoms with Crippen LogP contribution in [0.4, 0.5) is 5.69 Å². The van der Waals surface area contributed by atoms with Gasteiger partial charge in [0.05, 0.1) is 7.11 Å². The molecule has 0 fully saturated rings. The highest BCUT2D eigenvalue weighted by atomic mass is 16.5. The summed E-state index contributed by atoms with van der Waals surface area (Å²) in [7, 11) is 1.49. The van der Waals surface area contributed by atoms with Crippen LogP contribution in [0.3, 0.4) is 0 Å². The number of rotatable bonds is 6. The van der Waals surface area contributed by atoms with E-state index in [4.69, 9.17) is 15.0 Å². The predicted octanol–water partition coefficient (Wildman–Crippen LogP) is 1.35. The Morgan fingerprint density at radius 1 is 1.33 bits per heavy atom. The molecule has 110 valence electrons. The molecule has 7 nitrogen and oxygen atoms in total. The molecule has 3 N–H and O–H groups in total. The lowest BCUT2D eigenvalue weighted by atomic mass is 10.2. The van der Waals surface area contributed by atoms with Crippen molar-refractivity contribution in [3.63, 3.8) is 0 Å². The van der Waals surface area contributed by atoms with Gasteiger partial charge in [0, 0.05) is 30.2 Å². The molecule has 2 aromatic rings. The zero-order chi connectivity index (χ0) is 15.2. The fraction of sp³-hybridized carbons (Fsp3) is 0.214. The molecule has 0 aliphatic rings. The zero-order valence-corrected chi connectivity index (χ0v) is 11.5. The molecule has 0 spiro atoms. The van der Waals surface area contributed by atoms with Gasteiger partial charge in [-0.25, -0.2) is 0 Å². The first-order chi connectivity index (χ1) is 10.1. The highest BCUT2D eigenvalue weighted by Crippen LogP contribution is 2.13. The Labute approximate surface area is 121 Å². The third-order valence-corrected chi connectivity index (χ3v) is 2.80. The molecule has 0 aliphatic carbocycles. The molecule has 21 heavy (non-hydrogen) atoms. The molecule has 1 aromatic carbocycles. The van der Waals surface area contributed by atoms with Gasteiger partial charge in [0.15, 0.2) is 0 Å². The molecule has 0 aliphatic heterocycles. The second kappa shape index (κ2) is 6.56. The molecular weight excluding hydrogens is 274 g/mol. The lowest BCUT2D eigenvalue weighted by molar-refractivity contribution is -0.116. The Balaban J connectivity index is 1.85. The topological polar surface area (TPSA) is 107 Å². The number of nitrogens with two attached hydrogens (primary N) is 1. The van der Waals surface area contributed by atoms with Crippen LogP contribution in [-0.4, -0.2) is 24.1 Å². The van der Waals surface area contributed by atoms with Crippen molar-refractivity contribution in [3.05, 3.63) is 41.7 Å². The van der Waals surface area contributed by atoms with E-state index in [0.717, 1.165) is 0 Å². The third-order valence-electron chi connectivity index (χ3n) is 2.80. The Morgan fingerprint density at radius 2 is 2.05 bits per heavy atom. The number of nitrogens with zero attached hydrogens (tertiary/aromatic N) is 1. The average Bonchev–Trinajstić information content (AvgIpc) is 2.94. The number of ether oxygens (including phenoxy) is 1. The number of carbonyl (C=O) groups excluding carboxylic acids is 2. The van der Waals surface area contributed by atoms with Crippen LogP contribution in [0.25, 0.3) is 0 Å². The van der Waals surface area contributed by atoms with Crippen molar-refractivity contribution < 1.29 is 18.8 Å². The van der Waals surface area contributed by atoms with Crippen molar-refractivity contribution in [2.75, 3.05) is 12.4 Å². The summed E-state index contributed by atoms with van der Waals surface area (Å²) in [6, 6.07) is 7.98. The minimum atomic E-state index is -0.507. The third kappa shape index (κ3) is 4.07. The summed E-state index contributed by atoms with van der Waals surface area (Å²) in [5.41, 5.74) is 6.13. The molecule has 0 saturated heterocycles. The van der Waals surface area contributed by atoms with E-state index >= 15 is 0 Å². The number of aryl methyl sites for hydroxylation is 1. The zero-order valence-electron chi connectivity index (χ0n) is 11.5. The van der Waals surface area contributed by atoms with E-state index in [9.17, 15) is 9.59 Å². The Kier molecular flexibility index (Phi) is 4.55. The summed E-state index contributed by atoms with van der Waals surface area (Å²) >= 11 is 0. The molecule has 1 aromatic heterocycles. The summed E-state index contributed by atoms with van der Waals surface area (Å²) in [5, 5.41) is 6.36. The standard InChI is InChI=1S/C14H15N3O4/c1-20-13-8-11(21-17-13)6-7-12(18)16-10-4-2-9(3-5-10)14(15)19/h2-5,8H,6-7H2,1H3,(H2,15,19)(H,16,18). The number of nitrogens with one attached hydrogen (secondary N) is 1. The quantitative estimate of drug-likeness (QED) is 0.834. The highest BCUT2D eigenvalue weighted by Gasteiger charge is 2.08.